The lowest BCUT2D eigenvalue weighted by atomic mass is 9.98. The van der Waals surface area contributed by atoms with Gasteiger partial charge in [0, 0.05) is 16.1 Å². The minimum Gasteiger partial charge on any atom is -0.488 e. The average molecular weight is 464 g/mol. The molecule has 1 aliphatic rings. The van der Waals surface area contributed by atoms with Crippen molar-refractivity contribution in [2.75, 3.05) is 11.9 Å². The third kappa shape index (κ3) is 5.38. The molecule has 4 rings (SSSR count). The Hall–Kier alpha value is -3.28. The van der Waals surface area contributed by atoms with Crippen LogP contribution < -0.4 is 14.8 Å². The standard InChI is InChI=1S/C27H26ClNO4/c1-27(2)13-12-22-24(33-27)11-8-19(16-30)26(22)29-15-23(31)21-10-9-20(28)14-25(21)32-17-18-6-4-3-5-7-18/h3-14,29-30H,15-17H2,1-2H3. The van der Waals surface area contributed by atoms with Crippen LogP contribution in [0.25, 0.3) is 6.08 Å². The van der Waals surface area contributed by atoms with Gasteiger partial charge < -0.3 is 19.9 Å². The van der Waals surface area contributed by atoms with Crippen molar-refractivity contribution in [3.05, 3.63) is 94.0 Å². The van der Waals surface area contributed by atoms with Crippen LogP contribution in [0.5, 0.6) is 11.5 Å². The normalized spacial score (nSPS) is 13.7. The van der Waals surface area contributed by atoms with Gasteiger partial charge >= 0.3 is 0 Å². The molecule has 0 unspecified atom stereocenters. The third-order valence-corrected chi connectivity index (χ3v) is 5.63. The summed E-state index contributed by atoms with van der Waals surface area (Å²) in [7, 11) is 0. The largest absolute Gasteiger partial charge is 0.488 e. The Bertz CT molecular complexity index is 1190. The first-order chi connectivity index (χ1) is 15.9. The summed E-state index contributed by atoms with van der Waals surface area (Å²) in [6, 6.07) is 18.4. The van der Waals surface area contributed by atoms with Crippen molar-refractivity contribution in [2.24, 2.45) is 0 Å². The lowest BCUT2D eigenvalue weighted by Gasteiger charge is -2.29. The Morgan fingerprint density at radius 1 is 1.12 bits per heavy atom. The van der Waals surface area contributed by atoms with Gasteiger partial charge in [-0.1, -0.05) is 48.0 Å². The van der Waals surface area contributed by atoms with Crippen LogP contribution in [0.1, 0.15) is 40.9 Å². The summed E-state index contributed by atoms with van der Waals surface area (Å²) < 4.78 is 12.0. The predicted octanol–water partition coefficient (Wildman–Crippen LogP) is 5.89. The monoisotopic (exact) mass is 463 g/mol. The minimum atomic E-state index is -0.422. The molecule has 170 valence electrons. The van der Waals surface area contributed by atoms with Gasteiger partial charge in [0.2, 0.25) is 0 Å². The molecule has 0 bridgehead atoms. The van der Waals surface area contributed by atoms with Gasteiger partial charge in [0.05, 0.1) is 24.4 Å². The number of fused-ring (bicyclic) bond motifs is 1. The van der Waals surface area contributed by atoms with E-state index in [1.807, 2.05) is 62.4 Å². The van der Waals surface area contributed by atoms with E-state index >= 15 is 0 Å². The van der Waals surface area contributed by atoms with E-state index in [-0.39, 0.29) is 18.9 Å². The van der Waals surface area contributed by atoms with E-state index in [4.69, 9.17) is 21.1 Å². The maximum atomic E-state index is 13.1. The van der Waals surface area contributed by atoms with Crippen LogP contribution in [0.15, 0.2) is 66.7 Å². The van der Waals surface area contributed by atoms with Gasteiger partial charge in [0.25, 0.3) is 0 Å². The number of rotatable bonds is 8. The van der Waals surface area contributed by atoms with E-state index in [2.05, 4.69) is 5.32 Å². The number of nitrogens with one attached hydrogen (secondary N) is 1. The molecule has 0 atom stereocenters. The molecule has 33 heavy (non-hydrogen) atoms. The molecule has 0 spiro atoms. The smallest absolute Gasteiger partial charge is 0.185 e. The second-order valence-electron chi connectivity index (χ2n) is 8.40. The summed E-state index contributed by atoms with van der Waals surface area (Å²) in [6.45, 7) is 4.13. The summed E-state index contributed by atoms with van der Waals surface area (Å²) >= 11 is 6.16. The summed E-state index contributed by atoms with van der Waals surface area (Å²) in [5.41, 5.74) is 3.18. The van der Waals surface area contributed by atoms with Crippen molar-refractivity contribution in [3.63, 3.8) is 0 Å². The number of halogens is 1. The molecule has 0 saturated heterocycles. The number of aliphatic hydroxyl groups is 1. The first-order valence-electron chi connectivity index (χ1n) is 10.7. The molecule has 6 heteroatoms. The molecule has 0 fully saturated rings. The van der Waals surface area contributed by atoms with E-state index in [1.54, 1.807) is 24.3 Å². The van der Waals surface area contributed by atoms with Gasteiger partial charge in [-0.25, -0.2) is 0 Å². The number of aliphatic hydroxyl groups excluding tert-OH is 1. The number of anilines is 1. The molecular weight excluding hydrogens is 438 g/mol. The van der Waals surface area contributed by atoms with Gasteiger partial charge in [-0.3, -0.25) is 4.79 Å². The molecule has 0 saturated carbocycles. The molecule has 2 N–H and O–H groups in total. The molecule has 0 amide bonds. The minimum absolute atomic E-state index is 0.0179. The Morgan fingerprint density at radius 3 is 2.67 bits per heavy atom. The third-order valence-electron chi connectivity index (χ3n) is 5.39. The number of Topliss-reactive ketones (excluding diaryl/α,β-unsaturated/α-hetero) is 1. The second kappa shape index (κ2) is 9.69. The Morgan fingerprint density at radius 2 is 1.91 bits per heavy atom. The average Bonchev–Trinajstić information content (AvgIpc) is 2.81. The van der Waals surface area contributed by atoms with Crippen molar-refractivity contribution in [3.8, 4) is 11.5 Å². The number of carbonyl (C=O) groups excluding carboxylic acids is 1. The Balaban J connectivity index is 1.54. The lowest BCUT2D eigenvalue weighted by molar-refractivity contribution is 0.100. The summed E-state index contributed by atoms with van der Waals surface area (Å²) in [5.74, 6) is 0.978. The van der Waals surface area contributed by atoms with Gasteiger partial charge in [-0.15, -0.1) is 0 Å². The summed E-state index contributed by atoms with van der Waals surface area (Å²) in [5, 5.41) is 13.5. The van der Waals surface area contributed by atoms with E-state index in [9.17, 15) is 9.90 Å². The number of benzene rings is 3. The molecule has 0 radical (unpaired) electrons. The van der Waals surface area contributed by atoms with Crippen LogP contribution in [0.3, 0.4) is 0 Å². The molecule has 0 aromatic heterocycles. The summed E-state index contributed by atoms with van der Waals surface area (Å²) in [6.07, 6.45) is 3.92. The zero-order chi connectivity index (χ0) is 23.4. The van der Waals surface area contributed by atoms with Crippen molar-refractivity contribution in [2.45, 2.75) is 32.7 Å². The fourth-order valence-electron chi connectivity index (χ4n) is 3.69. The highest BCUT2D eigenvalue weighted by Gasteiger charge is 2.25. The van der Waals surface area contributed by atoms with Gasteiger partial charge in [-0.2, -0.15) is 0 Å². The summed E-state index contributed by atoms with van der Waals surface area (Å²) in [4.78, 5) is 13.1. The van der Waals surface area contributed by atoms with Crippen LogP contribution in [0.2, 0.25) is 5.02 Å². The highest BCUT2D eigenvalue weighted by molar-refractivity contribution is 6.30. The fourth-order valence-corrected chi connectivity index (χ4v) is 3.85. The molecular formula is C27H26ClNO4. The van der Waals surface area contributed by atoms with Crippen LogP contribution in [0, 0.1) is 0 Å². The lowest BCUT2D eigenvalue weighted by Crippen LogP contribution is -2.28. The van der Waals surface area contributed by atoms with Crippen LogP contribution >= 0.6 is 11.6 Å². The molecule has 0 aliphatic carbocycles. The van der Waals surface area contributed by atoms with Gasteiger partial charge in [-0.05, 0) is 55.8 Å². The topological polar surface area (TPSA) is 67.8 Å². The van der Waals surface area contributed by atoms with E-state index in [0.717, 1.165) is 11.1 Å². The molecule has 1 heterocycles. The Labute approximate surface area is 198 Å². The highest BCUT2D eigenvalue weighted by Crippen LogP contribution is 2.38. The van der Waals surface area contributed by atoms with Gasteiger partial charge in [0.1, 0.15) is 23.7 Å². The van der Waals surface area contributed by atoms with Crippen LogP contribution in [-0.4, -0.2) is 23.0 Å². The number of carbonyl (C=O) groups is 1. The van der Waals surface area contributed by atoms with Gasteiger partial charge in [0.15, 0.2) is 5.78 Å². The number of ketones is 1. The Kier molecular flexibility index (Phi) is 6.72. The van der Waals surface area contributed by atoms with Crippen molar-refractivity contribution >= 4 is 29.1 Å². The zero-order valence-corrected chi connectivity index (χ0v) is 19.4. The zero-order valence-electron chi connectivity index (χ0n) is 18.6. The SMILES string of the molecule is CC1(C)C=Cc2c(ccc(CO)c2NCC(=O)c2ccc(Cl)cc2OCc2ccccc2)O1. The molecule has 3 aromatic rings. The molecule has 5 nitrogen and oxygen atoms in total. The molecule has 3 aromatic carbocycles. The van der Waals surface area contributed by atoms with Crippen molar-refractivity contribution in [1.82, 2.24) is 0 Å². The van der Waals surface area contributed by atoms with E-state index in [0.29, 0.717) is 39.9 Å². The van der Waals surface area contributed by atoms with Crippen LogP contribution in [0.4, 0.5) is 5.69 Å². The van der Waals surface area contributed by atoms with E-state index in [1.165, 1.54) is 0 Å². The number of hydrogen-bond donors (Lipinski definition) is 2. The predicted molar refractivity (Wildman–Crippen MR) is 131 cm³/mol. The van der Waals surface area contributed by atoms with Crippen LogP contribution in [-0.2, 0) is 13.2 Å². The van der Waals surface area contributed by atoms with Crippen molar-refractivity contribution < 1.29 is 19.4 Å². The first kappa shape index (κ1) is 22.9. The first-order valence-corrected chi connectivity index (χ1v) is 11.1. The number of ether oxygens (including phenoxy) is 2. The van der Waals surface area contributed by atoms with E-state index < -0.39 is 5.60 Å². The maximum Gasteiger partial charge on any atom is 0.185 e. The fraction of sp³-hybridized carbons (Fsp3) is 0.222. The maximum absolute atomic E-state index is 13.1. The number of hydrogen-bond acceptors (Lipinski definition) is 5. The second-order valence-corrected chi connectivity index (χ2v) is 8.84. The molecule has 1 aliphatic heterocycles. The quantitative estimate of drug-likeness (QED) is 0.408. The highest BCUT2D eigenvalue weighted by atomic mass is 35.5. The van der Waals surface area contributed by atoms with Crippen molar-refractivity contribution in [1.29, 1.82) is 0 Å².